The van der Waals surface area contributed by atoms with E-state index in [-0.39, 0.29) is 6.10 Å². The summed E-state index contributed by atoms with van der Waals surface area (Å²) < 4.78 is 5.65. The SMILES string of the molecule is CC(Oc1cc(N)ncn1)c1ccccc1. The number of hydrogen-bond acceptors (Lipinski definition) is 4. The second kappa shape index (κ2) is 4.61. The highest BCUT2D eigenvalue weighted by Crippen LogP contribution is 2.19. The Hall–Kier alpha value is -2.10. The van der Waals surface area contributed by atoms with Crippen LogP contribution in [0.5, 0.6) is 5.88 Å². The van der Waals surface area contributed by atoms with Crippen LogP contribution in [-0.4, -0.2) is 9.97 Å². The number of hydrogen-bond donors (Lipinski definition) is 1. The van der Waals surface area contributed by atoms with E-state index >= 15 is 0 Å². The Labute approximate surface area is 94.1 Å². The van der Waals surface area contributed by atoms with Gasteiger partial charge in [-0.2, -0.15) is 0 Å². The maximum Gasteiger partial charge on any atom is 0.219 e. The van der Waals surface area contributed by atoms with Crippen molar-refractivity contribution in [1.29, 1.82) is 0 Å². The summed E-state index contributed by atoms with van der Waals surface area (Å²) in [5, 5.41) is 0. The van der Waals surface area contributed by atoms with Gasteiger partial charge in [0.15, 0.2) is 0 Å². The van der Waals surface area contributed by atoms with Crippen molar-refractivity contribution in [2.45, 2.75) is 13.0 Å². The molecule has 82 valence electrons. The third-order valence-electron chi connectivity index (χ3n) is 2.23. The number of anilines is 1. The molecule has 2 rings (SSSR count). The Morgan fingerprint density at radius 3 is 2.62 bits per heavy atom. The van der Waals surface area contributed by atoms with Crippen molar-refractivity contribution in [3.8, 4) is 5.88 Å². The molecule has 0 aliphatic carbocycles. The third-order valence-corrected chi connectivity index (χ3v) is 2.23. The Balaban J connectivity index is 2.11. The molecule has 1 aromatic carbocycles. The molecule has 4 nitrogen and oxygen atoms in total. The van der Waals surface area contributed by atoms with Crippen molar-refractivity contribution in [1.82, 2.24) is 9.97 Å². The molecule has 0 spiro atoms. The quantitative estimate of drug-likeness (QED) is 0.852. The van der Waals surface area contributed by atoms with E-state index in [1.54, 1.807) is 6.07 Å². The molecular formula is C12H13N3O. The molecule has 0 saturated carbocycles. The van der Waals surface area contributed by atoms with E-state index in [2.05, 4.69) is 9.97 Å². The number of benzene rings is 1. The lowest BCUT2D eigenvalue weighted by Gasteiger charge is -2.13. The van der Waals surface area contributed by atoms with Crippen LogP contribution in [0, 0.1) is 0 Å². The van der Waals surface area contributed by atoms with E-state index in [0.29, 0.717) is 11.7 Å². The zero-order valence-corrected chi connectivity index (χ0v) is 9.00. The fraction of sp³-hybridized carbons (Fsp3) is 0.167. The summed E-state index contributed by atoms with van der Waals surface area (Å²) in [6.07, 6.45) is 1.33. The fourth-order valence-corrected chi connectivity index (χ4v) is 1.39. The van der Waals surface area contributed by atoms with E-state index in [0.717, 1.165) is 5.56 Å². The third kappa shape index (κ3) is 2.48. The number of rotatable bonds is 3. The number of nitrogens with two attached hydrogens (primary N) is 1. The maximum atomic E-state index is 5.65. The average Bonchev–Trinajstić information content (AvgIpc) is 2.30. The lowest BCUT2D eigenvalue weighted by Crippen LogP contribution is -2.04. The molecule has 0 amide bonds. The predicted octanol–water partition coefficient (Wildman–Crippen LogP) is 2.20. The van der Waals surface area contributed by atoms with Crippen molar-refractivity contribution in [2.24, 2.45) is 0 Å². The molecule has 0 bridgehead atoms. The second-order valence-electron chi connectivity index (χ2n) is 3.45. The van der Waals surface area contributed by atoms with Crippen LogP contribution >= 0.6 is 0 Å². The van der Waals surface area contributed by atoms with Crippen LogP contribution in [0.2, 0.25) is 0 Å². The highest BCUT2D eigenvalue weighted by molar-refractivity contribution is 5.31. The minimum Gasteiger partial charge on any atom is -0.470 e. The largest absolute Gasteiger partial charge is 0.470 e. The molecule has 4 heteroatoms. The highest BCUT2D eigenvalue weighted by atomic mass is 16.5. The number of nitrogens with zero attached hydrogens (tertiary/aromatic N) is 2. The summed E-state index contributed by atoms with van der Waals surface area (Å²) in [7, 11) is 0. The molecule has 0 aliphatic heterocycles. The van der Waals surface area contributed by atoms with Gasteiger partial charge < -0.3 is 10.5 Å². The number of aromatic nitrogens is 2. The van der Waals surface area contributed by atoms with Gasteiger partial charge in [-0.15, -0.1) is 0 Å². The predicted molar refractivity (Wildman–Crippen MR) is 61.9 cm³/mol. The molecule has 1 heterocycles. The lowest BCUT2D eigenvalue weighted by atomic mass is 10.1. The van der Waals surface area contributed by atoms with Gasteiger partial charge in [0, 0.05) is 6.07 Å². The maximum absolute atomic E-state index is 5.65. The van der Waals surface area contributed by atoms with Crippen LogP contribution in [0.4, 0.5) is 5.82 Å². The molecule has 16 heavy (non-hydrogen) atoms. The average molecular weight is 215 g/mol. The van der Waals surface area contributed by atoms with Crippen LogP contribution in [0.25, 0.3) is 0 Å². The number of ether oxygens (including phenoxy) is 1. The molecular weight excluding hydrogens is 202 g/mol. The summed E-state index contributed by atoms with van der Waals surface area (Å²) in [5.74, 6) is 0.897. The van der Waals surface area contributed by atoms with E-state index in [1.165, 1.54) is 6.33 Å². The Morgan fingerprint density at radius 2 is 1.94 bits per heavy atom. The monoisotopic (exact) mass is 215 g/mol. The first-order valence-corrected chi connectivity index (χ1v) is 5.05. The zero-order valence-electron chi connectivity index (χ0n) is 9.00. The standard InChI is InChI=1S/C12H13N3O/c1-9(10-5-3-2-4-6-10)16-12-7-11(13)14-8-15-12/h2-9H,1H3,(H2,13,14,15). The Morgan fingerprint density at radius 1 is 1.19 bits per heavy atom. The zero-order chi connectivity index (χ0) is 11.4. The lowest BCUT2D eigenvalue weighted by molar-refractivity contribution is 0.217. The van der Waals surface area contributed by atoms with Crippen LogP contribution in [0.1, 0.15) is 18.6 Å². The first kappa shape index (κ1) is 10.4. The van der Waals surface area contributed by atoms with Crippen molar-refractivity contribution >= 4 is 5.82 Å². The molecule has 1 atom stereocenters. The van der Waals surface area contributed by atoms with Crippen LogP contribution < -0.4 is 10.5 Å². The van der Waals surface area contributed by atoms with E-state index < -0.39 is 0 Å². The second-order valence-corrected chi connectivity index (χ2v) is 3.45. The molecule has 2 N–H and O–H groups in total. The van der Waals surface area contributed by atoms with Gasteiger partial charge >= 0.3 is 0 Å². The first-order chi connectivity index (χ1) is 7.75. The topological polar surface area (TPSA) is 61.0 Å². The molecule has 0 fully saturated rings. The number of nitrogen functional groups attached to an aromatic ring is 1. The van der Waals surface area contributed by atoms with Crippen LogP contribution in [-0.2, 0) is 0 Å². The molecule has 0 saturated heterocycles. The Bertz CT molecular complexity index is 459. The minimum atomic E-state index is -0.0597. The highest BCUT2D eigenvalue weighted by Gasteiger charge is 2.07. The first-order valence-electron chi connectivity index (χ1n) is 5.05. The van der Waals surface area contributed by atoms with Gasteiger partial charge in [-0.25, -0.2) is 9.97 Å². The molecule has 0 radical (unpaired) electrons. The summed E-state index contributed by atoms with van der Waals surface area (Å²) in [5.41, 5.74) is 6.64. The summed E-state index contributed by atoms with van der Waals surface area (Å²) in [4.78, 5) is 7.80. The van der Waals surface area contributed by atoms with Gasteiger partial charge in [0.2, 0.25) is 5.88 Å². The van der Waals surface area contributed by atoms with Gasteiger partial charge in [-0.1, -0.05) is 30.3 Å². The van der Waals surface area contributed by atoms with Crippen LogP contribution in [0.15, 0.2) is 42.7 Å². The summed E-state index contributed by atoms with van der Waals surface area (Å²) in [6, 6.07) is 11.6. The van der Waals surface area contributed by atoms with E-state index in [1.807, 2.05) is 37.3 Å². The van der Waals surface area contributed by atoms with E-state index in [4.69, 9.17) is 10.5 Å². The van der Waals surface area contributed by atoms with Gasteiger partial charge in [0.05, 0.1) is 0 Å². The summed E-state index contributed by atoms with van der Waals surface area (Å²) in [6.45, 7) is 1.97. The van der Waals surface area contributed by atoms with E-state index in [9.17, 15) is 0 Å². The minimum absolute atomic E-state index is 0.0597. The van der Waals surface area contributed by atoms with Crippen molar-refractivity contribution in [2.75, 3.05) is 5.73 Å². The smallest absolute Gasteiger partial charge is 0.219 e. The molecule has 2 aromatic rings. The summed E-state index contributed by atoms with van der Waals surface area (Å²) >= 11 is 0. The van der Waals surface area contributed by atoms with Crippen molar-refractivity contribution in [3.63, 3.8) is 0 Å². The van der Waals surface area contributed by atoms with Gasteiger partial charge in [0.1, 0.15) is 18.2 Å². The molecule has 0 aliphatic rings. The van der Waals surface area contributed by atoms with Gasteiger partial charge in [-0.3, -0.25) is 0 Å². The molecule has 1 aromatic heterocycles. The fourth-order valence-electron chi connectivity index (χ4n) is 1.39. The van der Waals surface area contributed by atoms with Gasteiger partial charge in [-0.05, 0) is 12.5 Å². The normalized spacial score (nSPS) is 12.1. The van der Waals surface area contributed by atoms with Crippen molar-refractivity contribution < 1.29 is 4.74 Å². The van der Waals surface area contributed by atoms with Crippen LogP contribution in [0.3, 0.4) is 0 Å². The van der Waals surface area contributed by atoms with Gasteiger partial charge in [0.25, 0.3) is 0 Å². The molecule has 1 unspecified atom stereocenters. The Kier molecular flexibility index (Phi) is 3.00. The van der Waals surface area contributed by atoms with Crippen molar-refractivity contribution in [3.05, 3.63) is 48.3 Å².